The van der Waals surface area contributed by atoms with Gasteiger partial charge in [-0.05, 0) is 56.4 Å². The van der Waals surface area contributed by atoms with E-state index in [2.05, 4.69) is 20.9 Å². The number of methoxy groups -OCH3 is 1. The second-order valence-electron chi connectivity index (χ2n) is 9.42. The van der Waals surface area contributed by atoms with E-state index in [0.29, 0.717) is 54.5 Å². The molecule has 1 aromatic heterocycles. The molecule has 1 fully saturated rings. The minimum atomic E-state index is -0.322. The molecule has 10 nitrogen and oxygen atoms in total. The summed E-state index contributed by atoms with van der Waals surface area (Å²) in [4.78, 5) is 52.4. The Morgan fingerprint density at radius 2 is 1.78 bits per heavy atom. The SMILES string of the molecule is COc1cc(NC(=O)C2CCC(n3c(=O)[nH]c4c(C(=O)NCCNC(C)=O)cccc43)CC2)ccc1C. The van der Waals surface area contributed by atoms with Crippen LogP contribution in [0, 0.1) is 12.8 Å². The normalized spacial score (nSPS) is 17.3. The van der Waals surface area contributed by atoms with Gasteiger partial charge in [0.2, 0.25) is 11.8 Å². The quantitative estimate of drug-likeness (QED) is 0.348. The van der Waals surface area contributed by atoms with Gasteiger partial charge in [0.15, 0.2) is 0 Å². The Kier molecular flexibility index (Phi) is 7.95. The van der Waals surface area contributed by atoms with Gasteiger partial charge < -0.3 is 25.7 Å². The van der Waals surface area contributed by atoms with Crippen LogP contribution in [0.2, 0.25) is 0 Å². The third kappa shape index (κ3) is 5.84. The molecule has 0 radical (unpaired) electrons. The number of aromatic nitrogens is 2. The number of ether oxygens (including phenoxy) is 1. The smallest absolute Gasteiger partial charge is 0.326 e. The molecule has 4 rings (SSSR count). The van der Waals surface area contributed by atoms with Crippen molar-refractivity contribution in [1.82, 2.24) is 20.2 Å². The van der Waals surface area contributed by atoms with E-state index in [1.807, 2.05) is 31.2 Å². The lowest BCUT2D eigenvalue weighted by molar-refractivity contribution is -0.121. The number of hydrogen-bond donors (Lipinski definition) is 4. The topological polar surface area (TPSA) is 134 Å². The summed E-state index contributed by atoms with van der Waals surface area (Å²) in [6.07, 6.45) is 2.66. The average molecular weight is 508 g/mol. The molecule has 0 saturated heterocycles. The zero-order valence-electron chi connectivity index (χ0n) is 21.3. The van der Waals surface area contributed by atoms with Crippen molar-refractivity contribution in [1.29, 1.82) is 0 Å². The van der Waals surface area contributed by atoms with Crippen molar-refractivity contribution >= 4 is 34.4 Å². The monoisotopic (exact) mass is 507 g/mol. The van der Waals surface area contributed by atoms with Gasteiger partial charge in [-0.1, -0.05) is 12.1 Å². The Morgan fingerprint density at radius 1 is 1.05 bits per heavy atom. The van der Waals surface area contributed by atoms with E-state index in [1.54, 1.807) is 23.8 Å². The minimum absolute atomic E-state index is 0.0335. The molecule has 196 valence electrons. The molecule has 3 aromatic rings. The average Bonchev–Trinajstić information content (AvgIpc) is 3.23. The maximum Gasteiger partial charge on any atom is 0.326 e. The maximum atomic E-state index is 12.9. The Labute approximate surface area is 214 Å². The number of nitrogens with one attached hydrogen (secondary N) is 4. The molecule has 0 bridgehead atoms. The van der Waals surface area contributed by atoms with Crippen LogP contribution in [0.15, 0.2) is 41.2 Å². The molecule has 1 aliphatic rings. The molecule has 10 heteroatoms. The molecule has 37 heavy (non-hydrogen) atoms. The number of anilines is 1. The second-order valence-corrected chi connectivity index (χ2v) is 9.42. The number of para-hydroxylation sites is 1. The zero-order valence-corrected chi connectivity index (χ0v) is 21.3. The number of aryl methyl sites for hydroxylation is 1. The van der Waals surface area contributed by atoms with Gasteiger partial charge in [0.1, 0.15) is 5.75 Å². The fourth-order valence-electron chi connectivity index (χ4n) is 4.95. The van der Waals surface area contributed by atoms with Gasteiger partial charge in [-0.3, -0.25) is 19.0 Å². The standard InChI is InChI=1S/C27H33N5O5/c1-16-7-10-19(15-23(16)37-3)30-25(34)18-8-11-20(12-9-18)32-22-6-4-5-21(24(22)31-27(32)36)26(35)29-14-13-28-17(2)33/h4-7,10,15,18,20H,8-9,11-14H2,1-3H3,(H,28,33)(H,29,35)(H,30,34)(H,31,36). The highest BCUT2D eigenvalue weighted by Crippen LogP contribution is 2.34. The molecule has 0 aliphatic heterocycles. The first-order valence-electron chi connectivity index (χ1n) is 12.5. The van der Waals surface area contributed by atoms with E-state index in [0.717, 1.165) is 11.3 Å². The Bertz CT molecular complexity index is 1370. The number of rotatable bonds is 8. The lowest BCUT2D eigenvalue weighted by atomic mass is 9.85. The van der Waals surface area contributed by atoms with Crippen molar-refractivity contribution in [3.63, 3.8) is 0 Å². The van der Waals surface area contributed by atoms with Crippen molar-refractivity contribution < 1.29 is 19.1 Å². The molecule has 1 heterocycles. The summed E-state index contributed by atoms with van der Waals surface area (Å²) in [5.41, 5.74) is 2.95. The van der Waals surface area contributed by atoms with Crippen LogP contribution in [0.4, 0.5) is 5.69 Å². The zero-order chi connectivity index (χ0) is 26.5. The number of carbonyl (C=O) groups excluding carboxylic acids is 3. The lowest BCUT2D eigenvalue weighted by Gasteiger charge is -2.28. The Morgan fingerprint density at radius 3 is 2.49 bits per heavy atom. The van der Waals surface area contributed by atoms with Gasteiger partial charge in [0.05, 0.1) is 23.7 Å². The van der Waals surface area contributed by atoms with E-state index in [1.165, 1.54) is 6.92 Å². The summed E-state index contributed by atoms with van der Waals surface area (Å²) < 4.78 is 7.05. The Hall–Kier alpha value is -4.08. The third-order valence-electron chi connectivity index (χ3n) is 6.89. The number of hydrogen-bond acceptors (Lipinski definition) is 5. The van der Waals surface area contributed by atoms with E-state index in [4.69, 9.17) is 4.74 Å². The number of fused-ring (bicyclic) bond motifs is 1. The highest BCUT2D eigenvalue weighted by atomic mass is 16.5. The number of benzene rings is 2. The highest BCUT2D eigenvalue weighted by molar-refractivity contribution is 6.05. The van der Waals surface area contributed by atoms with Crippen molar-refractivity contribution in [2.75, 3.05) is 25.5 Å². The first kappa shape index (κ1) is 26.0. The third-order valence-corrected chi connectivity index (χ3v) is 6.89. The number of amides is 3. The van der Waals surface area contributed by atoms with Gasteiger partial charge in [-0.25, -0.2) is 4.79 Å². The summed E-state index contributed by atoms with van der Waals surface area (Å²) in [5.74, 6) is 0.0575. The van der Waals surface area contributed by atoms with Crippen LogP contribution in [0.3, 0.4) is 0 Å². The molecule has 4 N–H and O–H groups in total. The first-order valence-corrected chi connectivity index (χ1v) is 12.5. The van der Waals surface area contributed by atoms with Crippen LogP contribution in [0.25, 0.3) is 11.0 Å². The Balaban J connectivity index is 1.42. The maximum absolute atomic E-state index is 12.9. The highest BCUT2D eigenvalue weighted by Gasteiger charge is 2.29. The summed E-state index contributed by atoms with van der Waals surface area (Å²) in [6, 6.07) is 10.8. The summed E-state index contributed by atoms with van der Waals surface area (Å²) in [7, 11) is 1.60. The largest absolute Gasteiger partial charge is 0.496 e. The van der Waals surface area contributed by atoms with Crippen LogP contribution < -0.4 is 26.4 Å². The van der Waals surface area contributed by atoms with E-state index in [-0.39, 0.29) is 41.9 Å². The van der Waals surface area contributed by atoms with E-state index in [9.17, 15) is 19.2 Å². The molecule has 0 spiro atoms. The molecule has 0 unspecified atom stereocenters. The number of aromatic amines is 1. The first-order chi connectivity index (χ1) is 17.8. The molecule has 2 aromatic carbocycles. The van der Waals surface area contributed by atoms with Crippen LogP contribution >= 0.6 is 0 Å². The van der Waals surface area contributed by atoms with Gasteiger partial charge in [0, 0.05) is 43.7 Å². The summed E-state index contributed by atoms with van der Waals surface area (Å²) in [5, 5.41) is 8.38. The molecular weight excluding hydrogens is 474 g/mol. The summed E-state index contributed by atoms with van der Waals surface area (Å²) >= 11 is 0. The lowest BCUT2D eigenvalue weighted by Crippen LogP contribution is -2.33. The van der Waals surface area contributed by atoms with Crippen molar-refractivity contribution in [2.45, 2.75) is 45.6 Å². The molecule has 0 atom stereocenters. The molecular formula is C27H33N5O5. The summed E-state index contributed by atoms with van der Waals surface area (Å²) in [6.45, 7) is 3.96. The number of carbonyl (C=O) groups is 3. The number of imidazole rings is 1. The fraction of sp³-hybridized carbons (Fsp3) is 0.407. The molecule has 1 saturated carbocycles. The van der Waals surface area contributed by atoms with Crippen LogP contribution in [0.5, 0.6) is 5.75 Å². The predicted molar refractivity (Wildman–Crippen MR) is 141 cm³/mol. The second kappa shape index (κ2) is 11.3. The molecule has 1 aliphatic carbocycles. The van der Waals surface area contributed by atoms with E-state index < -0.39 is 0 Å². The van der Waals surface area contributed by atoms with Crippen molar-refractivity contribution in [3.05, 3.63) is 58.0 Å². The number of H-pyrrole nitrogens is 1. The molecule has 3 amide bonds. The van der Waals surface area contributed by atoms with Gasteiger partial charge in [-0.2, -0.15) is 0 Å². The van der Waals surface area contributed by atoms with E-state index >= 15 is 0 Å². The fourth-order valence-corrected chi connectivity index (χ4v) is 4.95. The van der Waals surface area contributed by atoms with Gasteiger partial charge in [-0.15, -0.1) is 0 Å². The van der Waals surface area contributed by atoms with Gasteiger partial charge in [0.25, 0.3) is 5.91 Å². The van der Waals surface area contributed by atoms with Crippen LogP contribution in [-0.2, 0) is 9.59 Å². The van der Waals surface area contributed by atoms with Crippen LogP contribution in [0.1, 0.15) is 54.6 Å². The predicted octanol–water partition coefficient (Wildman–Crippen LogP) is 2.88. The minimum Gasteiger partial charge on any atom is -0.496 e. The van der Waals surface area contributed by atoms with Gasteiger partial charge >= 0.3 is 5.69 Å². The van der Waals surface area contributed by atoms with Crippen molar-refractivity contribution in [2.24, 2.45) is 5.92 Å². The van der Waals surface area contributed by atoms with Crippen LogP contribution in [-0.4, -0.2) is 47.5 Å². The van der Waals surface area contributed by atoms with Crippen molar-refractivity contribution in [3.8, 4) is 5.75 Å². The number of nitrogens with zero attached hydrogens (tertiary/aromatic N) is 1.